The van der Waals surface area contributed by atoms with E-state index in [4.69, 9.17) is 15.2 Å². The number of nitrogens with two attached hydrogens (primary N) is 1. The molecule has 2 aromatic rings. The fourth-order valence-electron chi connectivity index (χ4n) is 2.65. The average molecular weight is 261 g/mol. The summed E-state index contributed by atoms with van der Waals surface area (Å²) >= 11 is 0. The molecule has 0 saturated carbocycles. The molecule has 1 saturated heterocycles. The van der Waals surface area contributed by atoms with Gasteiger partial charge in [0.15, 0.2) is 0 Å². The van der Waals surface area contributed by atoms with Crippen LogP contribution in [0.5, 0.6) is 0 Å². The second kappa shape index (κ2) is 4.51. The van der Waals surface area contributed by atoms with E-state index in [0.717, 1.165) is 24.1 Å². The topological polar surface area (TPSA) is 62.3 Å². The normalized spacial score (nSPS) is 23.3. The zero-order chi connectivity index (χ0) is 13.5. The maximum Gasteiger partial charge on any atom is 0.201 e. The van der Waals surface area contributed by atoms with Gasteiger partial charge in [-0.3, -0.25) is 0 Å². The standard InChI is InChI=1S/C14H19N3O2/c1-10-3-4-12-11(7-10)16-13(15)17(12)8-14(18-2)5-6-19-9-14/h3-4,7H,5-6,8-9H2,1-2H3,(H2,15,16). The molecule has 19 heavy (non-hydrogen) atoms. The number of hydrogen-bond donors (Lipinski definition) is 1. The van der Waals surface area contributed by atoms with Gasteiger partial charge in [-0.25, -0.2) is 4.98 Å². The summed E-state index contributed by atoms with van der Waals surface area (Å²) < 4.78 is 13.2. The molecule has 5 heteroatoms. The predicted molar refractivity (Wildman–Crippen MR) is 74.1 cm³/mol. The molecule has 1 aliphatic heterocycles. The number of hydrogen-bond acceptors (Lipinski definition) is 4. The number of anilines is 1. The largest absolute Gasteiger partial charge is 0.378 e. The molecule has 0 bridgehead atoms. The molecule has 102 valence electrons. The van der Waals surface area contributed by atoms with Crippen molar-refractivity contribution in [3.8, 4) is 0 Å². The van der Waals surface area contributed by atoms with Gasteiger partial charge in [0.1, 0.15) is 5.60 Å². The van der Waals surface area contributed by atoms with E-state index in [0.29, 0.717) is 19.1 Å². The van der Waals surface area contributed by atoms with E-state index < -0.39 is 0 Å². The quantitative estimate of drug-likeness (QED) is 0.914. The Morgan fingerprint density at radius 3 is 3.05 bits per heavy atom. The van der Waals surface area contributed by atoms with Gasteiger partial charge in [-0.1, -0.05) is 6.07 Å². The van der Waals surface area contributed by atoms with Crippen LogP contribution in [0.25, 0.3) is 11.0 Å². The van der Waals surface area contributed by atoms with Gasteiger partial charge in [-0.2, -0.15) is 0 Å². The van der Waals surface area contributed by atoms with E-state index in [1.165, 1.54) is 5.56 Å². The van der Waals surface area contributed by atoms with Gasteiger partial charge in [-0.05, 0) is 24.6 Å². The number of nitrogens with zero attached hydrogens (tertiary/aromatic N) is 2. The van der Waals surface area contributed by atoms with Crippen LogP contribution in [0.15, 0.2) is 18.2 Å². The Labute approximate surface area is 112 Å². The maximum absolute atomic E-state index is 6.05. The summed E-state index contributed by atoms with van der Waals surface area (Å²) in [6, 6.07) is 6.19. The molecule has 1 aliphatic rings. The first-order valence-electron chi connectivity index (χ1n) is 6.49. The van der Waals surface area contributed by atoms with Crippen molar-refractivity contribution in [2.45, 2.75) is 25.5 Å². The zero-order valence-corrected chi connectivity index (χ0v) is 11.3. The number of imidazole rings is 1. The van der Waals surface area contributed by atoms with Crippen LogP contribution < -0.4 is 5.73 Å². The number of aryl methyl sites for hydroxylation is 1. The Bertz CT molecular complexity index is 600. The lowest BCUT2D eigenvalue weighted by Gasteiger charge is -2.26. The van der Waals surface area contributed by atoms with Crippen LogP contribution in [-0.2, 0) is 16.0 Å². The molecule has 0 amide bonds. The van der Waals surface area contributed by atoms with Gasteiger partial charge in [-0.15, -0.1) is 0 Å². The number of benzene rings is 1. The van der Waals surface area contributed by atoms with Crippen LogP contribution in [0.1, 0.15) is 12.0 Å². The highest BCUT2D eigenvalue weighted by atomic mass is 16.5. The van der Waals surface area contributed by atoms with Crippen molar-refractivity contribution in [2.75, 3.05) is 26.1 Å². The summed E-state index contributed by atoms with van der Waals surface area (Å²) in [6.07, 6.45) is 0.883. The second-order valence-corrected chi connectivity index (χ2v) is 5.24. The summed E-state index contributed by atoms with van der Waals surface area (Å²) in [5, 5.41) is 0. The van der Waals surface area contributed by atoms with Crippen LogP contribution in [0.4, 0.5) is 5.95 Å². The molecule has 1 atom stereocenters. The number of nitrogen functional groups attached to an aromatic ring is 1. The van der Waals surface area contributed by atoms with Crippen LogP contribution in [0.3, 0.4) is 0 Å². The van der Waals surface area contributed by atoms with Crippen LogP contribution >= 0.6 is 0 Å². The first kappa shape index (κ1) is 12.4. The summed E-state index contributed by atoms with van der Waals surface area (Å²) in [5.41, 5.74) is 8.93. The molecule has 5 nitrogen and oxygen atoms in total. The summed E-state index contributed by atoms with van der Waals surface area (Å²) in [5.74, 6) is 0.531. The highest BCUT2D eigenvalue weighted by molar-refractivity contribution is 5.79. The Hall–Kier alpha value is -1.59. The molecule has 1 aromatic carbocycles. The first-order valence-corrected chi connectivity index (χ1v) is 6.49. The lowest BCUT2D eigenvalue weighted by atomic mass is 10.0. The van der Waals surface area contributed by atoms with E-state index in [-0.39, 0.29) is 5.60 Å². The zero-order valence-electron chi connectivity index (χ0n) is 11.3. The number of fused-ring (bicyclic) bond motifs is 1. The molecular weight excluding hydrogens is 242 g/mol. The van der Waals surface area contributed by atoms with Gasteiger partial charge in [0.2, 0.25) is 5.95 Å². The Kier molecular flexibility index (Phi) is 2.95. The third kappa shape index (κ3) is 2.09. The van der Waals surface area contributed by atoms with Crippen molar-refractivity contribution >= 4 is 17.0 Å². The fourth-order valence-corrected chi connectivity index (χ4v) is 2.65. The van der Waals surface area contributed by atoms with Gasteiger partial charge in [0, 0.05) is 20.1 Å². The van der Waals surface area contributed by atoms with Crippen LogP contribution in [-0.4, -0.2) is 35.5 Å². The third-order valence-electron chi connectivity index (χ3n) is 3.88. The van der Waals surface area contributed by atoms with Gasteiger partial charge in [0.05, 0.1) is 24.2 Å². The van der Waals surface area contributed by atoms with Crippen LogP contribution in [0.2, 0.25) is 0 Å². The van der Waals surface area contributed by atoms with Gasteiger partial charge in [0.25, 0.3) is 0 Å². The second-order valence-electron chi connectivity index (χ2n) is 5.24. The lowest BCUT2D eigenvalue weighted by molar-refractivity contribution is -0.0283. The number of rotatable bonds is 3. The number of ether oxygens (including phenoxy) is 2. The minimum atomic E-state index is -0.285. The highest BCUT2D eigenvalue weighted by Gasteiger charge is 2.36. The maximum atomic E-state index is 6.05. The molecule has 0 aliphatic carbocycles. The van der Waals surface area contributed by atoms with Crippen molar-refractivity contribution in [2.24, 2.45) is 0 Å². The summed E-state index contributed by atoms with van der Waals surface area (Å²) in [6.45, 7) is 4.07. The van der Waals surface area contributed by atoms with E-state index in [1.807, 2.05) is 10.6 Å². The number of aromatic nitrogens is 2. The van der Waals surface area contributed by atoms with Crippen molar-refractivity contribution in [3.05, 3.63) is 23.8 Å². The lowest BCUT2D eigenvalue weighted by Crippen LogP contribution is -2.37. The number of methoxy groups -OCH3 is 1. The summed E-state index contributed by atoms with van der Waals surface area (Å²) in [7, 11) is 1.73. The minimum absolute atomic E-state index is 0.285. The van der Waals surface area contributed by atoms with E-state index in [2.05, 4.69) is 24.0 Å². The van der Waals surface area contributed by atoms with E-state index in [1.54, 1.807) is 7.11 Å². The molecular formula is C14H19N3O2. The Morgan fingerprint density at radius 2 is 2.37 bits per heavy atom. The molecule has 2 N–H and O–H groups in total. The average Bonchev–Trinajstić information content (AvgIpc) is 2.96. The Balaban J connectivity index is 2.02. The van der Waals surface area contributed by atoms with Crippen molar-refractivity contribution in [1.82, 2.24) is 9.55 Å². The highest BCUT2D eigenvalue weighted by Crippen LogP contribution is 2.28. The van der Waals surface area contributed by atoms with Gasteiger partial charge < -0.3 is 19.8 Å². The van der Waals surface area contributed by atoms with Crippen molar-refractivity contribution in [3.63, 3.8) is 0 Å². The predicted octanol–water partition coefficient (Wildman–Crippen LogP) is 1.73. The molecule has 1 fully saturated rings. The fraction of sp³-hybridized carbons (Fsp3) is 0.500. The van der Waals surface area contributed by atoms with Gasteiger partial charge >= 0.3 is 0 Å². The Morgan fingerprint density at radius 1 is 1.53 bits per heavy atom. The van der Waals surface area contributed by atoms with E-state index in [9.17, 15) is 0 Å². The smallest absolute Gasteiger partial charge is 0.201 e. The SMILES string of the molecule is COC1(Cn2c(N)nc3cc(C)ccc32)CCOC1. The monoisotopic (exact) mass is 261 g/mol. The van der Waals surface area contributed by atoms with Crippen LogP contribution in [0, 0.1) is 6.92 Å². The minimum Gasteiger partial charge on any atom is -0.378 e. The molecule has 0 spiro atoms. The molecule has 2 heterocycles. The molecule has 1 aromatic heterocycles. The summed E-state index contributed by atoms with van der Waals surface area (Å²) in [4.78, 5) is 4.43. The molecule has 1 unspecified atom stereocenters. The van der Waals surface area contributed by atoms with Crippen molar-refractivity contribution < 1.29 is 9.47 Å². The molecule has 3 rings (SSSR count). The van der Waals surface area contributed by atoms with Crippen molar-refractivity contribution in [1.29, 1.82) is 0 Å². The van der Waals surface area contributed by atoms with E-state index >= 15 is 0 Å². The third-order valence-corrected chi connectivity index (χ3v) is 3.88. The molecule has 0 radical (unpaired) electrons. The first-order chi connectivity index (χ1) is 9.13.